The van der Waals surface area contributed by atoms with Crippen molar-refractivity contribution in [2.24, 2.45) is 11.8 Å². The third kappa shape index (κ3) is 7.43. The van der Waals surface area contributed by atoms with Gasteiger partial charge < -0.3 is 10.6 Å². The molecule has 2 N–H and O–H groups in total. The van der Waals surface area contributed by atoms with E-state index in [1.165, 1.54) is 0 Å². The summed E-state index contributed by atoms with van der Waals surface area (Å²) < 4.78 is 0. The van der Waals surface area contributed by atoms with Crippen LogP contribution in [-0.2, 0) is 9.59 Å². The first kappa shape index (κ1) is 17.1. The minimum Gasteiger partial charge on any atom is -0.356 e. The Balaban J connectivity index is 4.40. The first-order valence-corrected chi connectivity index (χ1v) is 6.80. The summed E-state index contributed by atoms with van der Waals surface area (Å²) in [6, 6.07) is -0.187. The molecule has 0 spiro atoms. The van der Waals surface area contributed by atoms with Crippen molar-refractivity contribution in [3.63, 3.8) is 0 Å². The van der Waals surface area contributed by atoms with Crippen molar-refractivity contribution < 1.29 is 9.59 Å². The highest BCUT2D eigenvalue weighted by atomic mass is 16.2. The van der Waals surface area contributed by atoms with Crippen molar-refractivity contribution in [2.75, 3.05) is 6.54 Å². The summed E-state index contributed by atoms with van der Waals surface area (Å²) in [5.41, 5.74) is 0. The third-order valence-corrected chi connectivity index (χ3v) is 2.54. The monoisotopic (exact) mass is 256 g/mol. The molecule has 0 aromatic heterocycles. The molecule has 0 aliphatic rings. The van der Waals surface area contributed by atoms with Gasteiger partial charge in [0.2, 0.25) is 5.91 Å². The Kier molecular flexibility index (Phi) is 7.83. The number of hydrogen-bond donors (Lipinski definition) is 2. The largest absolute Gasteiger partial charge is 0.356 e. The van der Waals surface area contributed by atoms with Gasteiger partial charge in [-0.3, -0.25) is 9.59 Å². The molecule has 0 radical (unpaired) electrons. The van der Waals surface area contributed by atoms with Crippen LogP contribution in [-0.4, -0.2) is 30.3 Å². The molecule has 1 atom stereocenters. The second kappa shape index (κ2) is 8.25. The average Bonchev–Trinajstić information content (AvgIpc) is 2.23. The fourth-order valence-electron chi connectivity index (χ4n) is 1.62. The van der Waals surface area contributed by atoms with Crippen LogP contribution in [0.25, 0.3) is 0 Å². The normalized spacial score (nSPS) is 13.2. The standard InChI is InChI=1S/C14H28N2O2/c1-9(2)8-15-13(17)7-12(16-11(5)6)14(18)10(3)4/h9-12,16H,7-8H2,1-6H3,(H,15,17)/t12-/m0/s1. The lowest BCUT2D eigenvalue weighted by molar-refractivity contribution is -0.129. The van der Waals surface area contributed by atoms with E-state index in [4.69, 9.17) is 0 Å². The lowest BCUT2D eigenvalue weighted by Crippen LogP contribution is -2.46. The van der Waals surface area contributed by atoms with E-state index in [-0.39, 0.29) is 36.1 Å². The maximum atomic E-state index is 12.0. The fourth-order valence-corrected chi connectivity index (χ4v) is 1.62. The van der Waals surface area contributed by atoms with Crippen molar-refractivity contribution in [3.05, 3.63) is 0 Å². The first-order valence-electron chi connectivity index (χ1n) is 6.80. The third-order valence-electron chi connectivity index (χ3n) is 2.54. The zero-order valence-corrected chi connectivity index (χ0v) is 12.5. The molecule has 0 saturated carbocycles. The van der Waals surface area contributed by atoms with Crippen LogP contribution in [0.4, 0.5) is 0 Å². The van der Waals surface area contributed by atoms with Gasteiger partial charge in [-0.25, -0.2) is 0 Å². The predicted octanol–water partition coefficient (Wildman–Crippen LogP) is 1.74. The van der Waals surface area contributed by atoms with Crippen LogP contribution in [0.3, 0.4) is 0 Å². The van der Waals surface area contributed by atoms with E-state index in [0.29, 0.717) is 12.5 Å². The molecule has 0 saturated heterocycles. The highest BCUT2D eigenvalue weighted by molar-refractivity contribution is 5.90. The average molecular weight is 256 g/mol. The topological polar surface area (TPSA) is 58.2 Å². The lowest BCUT2D eigenvalue weighted by atomic mass is 9.98. The molecular weight excluding hydrogens is 228 g/mol. The van der Waals surface area contributed by atoms with Gasteiger partial charge in [-0.05, 0) is 5.92 Å². The van der Waals surface area contributed by atoms with Gasteiger partial charge in [0, 0.05) is 24.9 Å². The lowest BCUT2D eigenvalue weighted by Gasteiger charge is -2.21. The molecule has 0 bridgehead atoms. The quantitative estimate of drug-likeness (QED) is 0.695. The molecule has 18 heavy (non-hydrogen) atoms. The SMILES string of the molecule is CC(C)CNC(=O)C[C@H](NC(C)C)C(=O)C(C)C. The number of ketones is 1. The summed E-state index contributed by atoms with van der Waals surface area (Å²) >= 11 is 0. The molecule has 0 rings (SSSR count). The number of carbonyl (C=O) groups is 2. The Morgan fingerprint density at radius 2 is 1.56 bits per heavy atom. The second-order valence-electron chi connectivity index (χ2n) is 5.83. The molecule has 0 aromatic carbocycles. The summed E-state index contributed by atoms with van der Waals surface area (Å²) in [7, 11) is 0. The zero-order chi connectivity index (χ0) is 14.3. The maximum Gasteiger partial charge on any atom is 0.222 e. The minimum absolute atomic E-state index is 0.0563. The molecule has 4 heteroatoms. The molecule has 0 heterocycles. The van der Waals surface area contributed by atoms with Crippen LogP contribution in [0.15, 0.2) is 0 Å². The number of Topliss-reactive ketones (excluding diaryl/α,β-unsaturated/α-hetero) is 1. The molecule has 0 fully saturated rings. The Bertz CT molecular complexity index is 273. The van der Waals surface area contributed by atoms with Gasteiger partial charge in [0.15, 0.2) is 5.78 Å². The summed E-state index contributed by atoms with van der Waals surface area (Å²) in [6.45, 7) is 12.4. The van der Waals surface area contributed by atoms with Gasteiger partial charge in [0.25, 0.3) is 0 Å². The van der Waals surface area contributed by atoms with Crippen LogP contribution in [0.1, 0.15) is 48.0 Å². The van der Waals surface area contributed by atoms with Crippen molar-refractivity contribution in [1.82, 2.24) is 10.6 Å². The molecule has 0 aromatic rings. The fraction of sp³-hybridized carbons (Fsp3) is 0.857. The van der Waals surface area contributed by atoms with Gasteiger partial charge in [0.1, 0.15) is 0 Å². The molecule has 0 aliphatic carbocycles. The number of hydrogen-bond acceptors (Lipinski definition) is 3. The second-order valence-corrected chi connectivity index (χ2v) is 5.83. The van der Waals surface area contributed by atoms with Crippen molar-refractivity contribution in [2.45, 2.75) is 60.0 Å². The summed E-state index contributed by atoms with van der Waals surface area (Å²) in [5.74, 6) is 0.407. The molecule has 4 nitrogen and oxygen atoms in total. The van der Waals surface area contributed by atoms with Crippen molar-refractivity contribution in [3.8, 4) is 0 Å². The van der Waals surface area contributed by atoms with E-state index in [2.05, 4.69) is 10.6 Å². The molecule has 0 unspecified atom stereocenters. The van der Waals surface area contributed by atoms with Gasteiger partial charge >= 0.3 is 0 Å². The summed E-state index contributed by atoms with van der Waals surface area (Å²) in [6.07, 6.45) is 0.224. The smallest absolute Gasteiger partial charge is 0.222 e. The Hall–Kier alpha value is -0.900. The Labute approximate surface area is 111 Å². The van der Waals surface area contributed by atoms with Gasteiger partial charge in [-0.15, -0.1) is 0 Å². The Morgan fingerprint density at radius 1 is 1.00 bits per heavy atom. The Morgan fingerprint density at radius 3 is 1.94 bits per heavy atom. The zero-order valence-electron chi connectivity index (χ0n) is 12.5. The maximum absolute atomic E-state index is 12.0. The minimum atomic E-state index is -0.378. The van der Waals surface area contributed by atoms with E-state index in [1.54, 1.807) is 0 Å². The number of nitrogens with one attached hydrogen (secondary N) is 2. The number of carbonyl (C=O) groups excluding carboxylic acids is 2. The van der Waals surface area contributed by atoms with Gasteiger partial charge in [-0.1, -0.05) is 41.5 Å². The molecular formula is C14H28N2O2. The van der Waals surface area contributed by atoms with E-state index < -0.39 is 0 Å². The van der Waals surface area contributed by atoms with Crippen LogP contribution in [0.5, 0.6) is 0 Å². The van der Waals surface area contributed by atoms with E-state index in [1.807, 2.05) is 41.5 Å². The molecule has 106 valence electrons. The highest BCUT2D eigenvalue weighted by Gasteiger charge is 2.24. The van der Waals surface area contributed by atoms with Crippen LogP contribution < -0.4 is 10.6 Å². The summed E-state index contributed by atoms with van der Waals surface area (Å²) in [4.78, 5) is 23.8. The van der Waals surface area contributed by atoms with Crippen LogP contribution in [0.2, 0.25) is 0 Å². The summed E-state index contributed by atoms with van der Waals surface area (Å²) in [5, 5.41) is 6.02. The number of amides is 1. The number of rotatable bonds is 8. The molecule has 1 amide bonds. The van der Waals surface area contributed by atoms with Crippen LogP contribution >= 0.6 is 0 Å². The molecule has 0 aliphatic heterocycles. The van der Waals surface area contributed by atoms with Crippen LogP contribution in [0, 0.1) is 11.8 Å². The van der Waals surface area contributed by atoms with Gasteiger partial charge in [0.05, 0.1) is 6.04 Å². The van der Waals surface area contributed by atoms with E-state index in [9.17, 15) is 9.59 Å². The predicted molar refractivity (Wildman–Crippen MR) is 74.4 cm³/mol. The van der Waals surface area contributed by atoms with Crippen molar-refractivity contribution >= 4 is 11.7 Å². The highest BCUT2D eigenvalue weighted by Crippen LogP contribution is 2.05. The van der Waals surface area contributed by atoms with Crippen molar-refractivity contribution in [1.29, 1.82) is 0 Å². The first-order chi connectivity index (χ1) is 8.23. The van der Waals surface area contributed by atoms with E-state index in [0.717, 1.165) is 0 Å². The van der Waals surface area contributed by atoms with Gasteiger partial charge in [-0.2, -0.15) is 0 Å². The van der Waals surface area contributed by atoms with E-state index >= 15 is 0 Å².